The molecule has 0 aromatic carbocycles. The van der Waals surface area contributed by atoms with Crippen molar-refractivity contribution in [2.45, 2.75) is 233 Å². The van der Waals surface area contributed by atoms with E-state index in [0.29, 0.717) is 43.4 Å². The van der Waals surface area contributed by atoms with E-state index in [1.165, 1.54) is 19.4 Å². The second-order valence-electron chi connectivity index (χ2n) is 24.1. The van der Waals surface area contributed by atoms with E-state index >= 15 is 0 Å². The summed E-state index contributed by atoms with van der Waals surface area (Å²) in [5, 5.41) is 116. The fraction of sp³-hybridized carbons (Fsp3) is 0.922. The predicted octanol–water partition coefficient (Wildman–Crippen LogP) is -0.504. The number of ether oxygens (including phenoxy) is 9. The number of esters is 1. The van der Waals surface area contributed by atoms with Gasteiger partial charge in [-0.1, -0.05) is 32.4 Å². The van der Waals surface area contributed by atoms with E-state index in [1.807, 2.05) is 6.92 Å². The number of carbonyl (C=O) groups is 2. The van der Waals surface area contributed by atoms with Crippen molar-refractivity contribution in [3.63, 3.8) is 0 Å². The number of aliphatic carboxylic acids is 1. The SMILES string of the molecule is C[C@@H]1O[C@@H](O[C@H]2[C@H](O[C@H]3CC[C@@]4(C)C(=CC[C@H]5[C@@H]6C[C@@H]7O[C@]8(CC[C@](C)(COC(=O)C[C@@](C)(O)CC(=O)O)O8)[C@@H](C)[C@@H]7[C@@]6(C)CC[C@@H]54)C3)O[C@H](CO)[C@@H](O[C@@H]3O[C@H](CO)[C@@H](O)[C@H](O)[C@H]3O)[C@@H]2O)[C@H](O)[C@H](O)[C@H]1O. The van der Waals surface area contributed by atoms with Gasteiger partial charge in [0.1, 0.15) is 79.4 Å². The lowest BCUT2D eigenvalue weighted by molar-refractivity contribution is -0.389. The minimum atomic E-state index is -1.85. The Hall–Kier alpha value is -2.04. The molecule has 5 aliphatic heterocycles. The first-order chi connectivity index (χ1) is 34.3. The van der Waals surface area contributed by atoms with Crippen molar-refractivity contribution in [3.8, 4) is 0 Å². The van der Waals surface area contributed by atoms with Crippen LogP contribution in [0.25, 0.3) is 0 Å². The van der Waals surface area contributed by atoms with Crippen molar-refractivity contribution in [1.82, 2.24) is 0 Å². The van der Waals surface area contributed by atoms with E-state index in [1.54, 1.807) is 0 Å². The van der Waals surface area contributed by atoms with Crippen LogP contribution >= 0.6 is 0 Å². The number of allylic oxidation sites excluding steroid dienone is 1. The van der Waals surface area contributed by atoms with Gasteiger partial charge >= 0.3 is 11.9 Å². The van der Waals surface area contributed by atoms with Crippen LogP contribution < -0.4 is 0 Å². The summed E-state index contributed by atoms with van der Waals surface area (Å²) in [6.07, 6.45) is -15.7. The molecule has 9 aliphatic rings. The van der Waals surface area contributed by atoms with Crippen molar-refractivity contribution >= 4 is 11.9 Å². The number of carboxylic acid groups (broad SMARTS) is 1. The fourth-order valence-electron chi connectivity index (χ4n) is 15.1. The predicted molar refractivity (Wildman–Crippen MR) is 247 cm³/mol. The van der Waals surface area contributed by atoms with Crippen molar-refractivity contribution in [3.05, 3.63) is 11.6 Å². The van der Waals surface area contributed by atoms with Crippen LogP contribution in [0.1, 0.15) is 112 Å². The third-order valence-electron chi connectivity index (χ3n) is 19.1. The number of fused-ring (bicyclic) bond motifs is 7. The van der Waals surface area contributed by atoms with Crippen LogP contribution in [0.4, 0.5) is 0 Å². The zero-order chi connectivity index (χ0) is 52.9. The Bertz CT molecular complexity index is 2020. The highest BCUT2D eigenvalue weighted by atomic mass is 16.8. The van der Waals surface area contributed by atoms with Crippen molar-refractivity contribution in [2.75, 3.05) is 19.8 Å². The smallest absolute Gasteiger partial charge is 0.308 e. The average molecular weight is 1050 g/mol. The van der Waals surface area contributed by atoms with Gasteiger partial charge in [-0.15, -0.1) is 0 Å². The molecular weight excluding hydrogens is 965 g/mol. The summed E-state index contributed by atoms with van der Waals surface area (Å²) in [4.78, 5) is 23.8. The van der Waals surface area contributed by atoms with E-state index in [9.17, 15) is 60.7 Å². The minimum Gasteiger partial charge on any atom is -0.481 e. The lowest BCUT2D eigenvalue weighted by Crippen LogP contribution is -2.67. The molecule has 0 bridgehead atoms. The number of rotatable bonds is 14. The van der Waals surface area contributed by atoms with Gasteiger partial charge in [0.2, 0.25) is 0 Å². The molecule has 1 spiro atoms. The Balaban J connectivity index is 0.868. The molecule has 0 aromatic heterocycles. The lowest BCUT2D eigenvalue weighted by Gasteiger charge is -2.58. The first kappa shape index (κ1) is 55.7. The Morgan fingerprint density at radius 3 is 2.08 bits per heavy atom. The Morgan fingerprint density at radius 1 is 0.740 bits per heavy atom. The van der Waals surface area contributed by atoms with Gasteiger partial charge in [-0.05, 0) is 107 Å². The molecule has 27 atom stereocenters. The molecule has 9 rings (SSSR count). The molecule has 22 heteroatoms. The Kier molecular flexibility index (Phi) is 15.8. The van der Waals surface area contributed by atoms with E-state index in [-0.39, 0.29) is 35.4 Å². The molecule has 0 radical (unpaired) electrons. The minimum absolute atomic E-state index is 0.00928. The van der Waals surface area contributed by atoms with E-state index in [0.717, 1.165) is 32.1 Å². The maximum atomic E-state index is 12.7. The van der Waals surface area contributed by atoms with Crippen LogP contribution in [0, 0.1) is 40.4 Å². The maximum absolute atomic E-state index is 12.7. The number of hydrogen-bond acceptors (Lipinski definition) is 21. The van der Waals surface area contributed by atoms with Gasteiger partial charge < -0.3 is 98.8 Å². The molecule has 416 valence electrons. The summed E-state index contributed by atoms with van der Waals surface area (Å²) < 4.78 is 55.8. The summed E-state index contributed by atoms with van der Waals surface area (Å²) in [6, 6.07) is 0. The maximum Gasteiger partial charge on any atom is 0.308 e. The Labute approximate surface area is 424 Å². The molecule has 0 aromatic rings. The zero-order valence-corrected chi connectivity index (χ0v) is 42.6. The van der Waals surface area contributed by atoms with Crippen LogP contribution in [-0.4, -0.2) is 209 Å². The fourth-order valence-corrected chi connectivity index (χ4v) is 15.1. The van der Waals surface area contributed by atoms with Gasteiger partial charge in [-0.25, -0.2) is 0 Å². The average Bonchev–Trinajstić information content (AvgIpc) is 3.93. The molecule has 73 heavy (non-hydrogen) atoms. The monoisotopic (exact) mass is 1040 g/mol. The number of aliphatic hydroxyl groups is 10. The molecule has 0 unspecified atom stereocenters. The van der Waals surface area contributed by atoms with E-state index in [2.05, 4.69) is 26.8 Å². The molecule has 8 fully saturated rings. The van der Waals surface area contributed by atoms with Crippen molar-refractivity contribution < 1.29 is 108 Å². The summed E-state index contributed by atoms with van der Waals surface area (Å²) in [7, 11) is 0. The second kappa shape index (κ2) is 20.6. The van der Waals surface area contributed by atoms with Gasteiger partial charge in [0, 0.05) is 12.3 Å². The van der Waals surface area contributed by atoms with Crippen molar-refractivity contribution in [2.24, 2.45) is 40.4 Å². The van der Waals surface area contributed by atoms with E-state index < -0.39 is 153 Å². The van der Waals surface area contributed by atoms with Crippen LogP contribution in [0.2, 0.25) is 0 Å². The molecule has 4 aliphatic carbocycles. The van der Waals surface area contributed by atoms with Crippen molar-refractivity contribution in [1.29, 1.82) is 0 Å². The summed E-state index contributed by atoms with van der Waals surface area (Å²) in [6.45, 7) is 10.2. The molecule has 0 amide bonds. The first-order valence-corrected chi connectivity index (χ1v) is 26.4. The number of hydrogen-bond donors (Lipinski definition) is 11. The quantitative estimate of drug-likeness (QED) is 0.0771. The highest BCUT2D eigenvalue weighted by Crippen LogP contribution is 2.71. The Morgan fingerprint density at radius 2 is 1.40 bits per heavy atom. The third-order valence-corrected chi connectivity index (χ3v) is 19.1. The van der Waals surface area contributed by atoms with Crippen LogP contribution in [-0.2, 0) is 52.2 Å². The standard InChI is InChI=1S/C51H80O22/c1-22-34-29(72-51(22)14-13-48(4,73-51)21-65-33(56)18-47(3,64)17-32(54)55)16-28-26-8-7-24-15-25(9-11-49(24,5)27(26)10-12-50(28,34)6)67-46-43(71-44-39(61)37(59)35(57)23(2)66-44)41(63)42(31(20-53)69-46)70-45-40(62)38(60)36(58)30(19-52)68-45/h7,22-23,25-31,34-46,52-53,57-64H,8-21H2,1-6H3,(H,54,55)/t22-,23-,25-,26+,27-,28-,29-,30+,31+,34-,35-,36+,37+,38-,39+,40+,41-,42+,43+,44-,45-,46+,47-,48+,49-,50-,51-/m0/s1. The van der Waals surface area contributed by atoms with Gasteiger partial charge in [0.15, 0.2) is 24.7 Å². The first-order valence-electron chi connectivity index (χ1n) is 26.4. The van der Waals surface area contributed by atoms with Gasteiger partial charge in [0.05, 0.1) is 50.0 Å². The van der Waals surface area contributed by atoms with Gasteiger partial charge in [-0.3, -0.25) is 9.59 Å². The number of carboxylic acids is 1. The van der Waals surface area contributed by atoms with Crippen LogP contribution in [0.3, 0.4) is 0 Å². The molecule has 5 saturated heterocycles. The molecular formula is C51H80O22. The molecule has 11 N–H and O–H groups in total. The van der Waals surface area contributed by atoms with Gasteiger partial charge in [-0.2, -0.15) is 0 Å². The normalized spacial score (nSPS) is 52.4. The number of aliphatic hydroxyl groups excluding tert-OH is 9. The largest absolute Gasteiger partial charge is 0.481 e. The molecule has 22 nitrogen and oxygen atoms in total. The highest BCUT2D eigenvalue weighted by molar-refractivity contribution is 5.73. The molecule has 3 saturated carbocycles. The summed E-state index contributed by atoms with van der Waals surface area (Å²) in [5.74, 6) is -1.22. The molecule has 5 heterocycles. The van der Waals surface area contributed by atoms with Crippen LogP contribution in [0.15, 0.2) is 11.6 Å². The number of carbonyl (C=O) groups excluding carboxylic acids is 1. The topological polar surface area (TPSA) is 340 Å². The second-order valence-corrected chi connectivity index (χ2v) is 24.1. The summed E-state index contributed by atoms with van der Waals surface area (Å²) in [5.41, 5.74) is -1.44. The van der Waals surface area contributed by atoms with Crippen LogP contribution in [0.5, 0.6) is 0 Å². The highest BCUT2D eigenvalue weighted by Gasteiger charge is 2.70. The zero-order valence-electron chi connectivity index (χ0n) is 42.6. The van der Waals surface area contributed by atoms with Gasteiger partial charge in [0.25, 0.3) is 0 Å². The summed E-state index contributed by atoms with van der Waals surface area (Å²) >= 11 is 0. The van der Waals surface area contributed by atoms with E-state index in [4.69, 9.17) is 47.7 Å². The lowest BCUT2D eigenvalue weighted by atomic mass is 9.47. The third kappa shape index (κ3) is 10.1.